The van der Waals surface area contributed by atoms with Crippen LogP contribution >= 0.6 is 0 Å². The molecule has 0 atom stereocenters. The fourth-order valence-electron chi connectivity index (χ4n) is 3.97. The number of hydrogen-bond acceptors (Lipinski definition) is 5. The molecule has 0 aliphatic rings. The lowest BCUT2D eigenvalue weighted by Gasteiger charge is -2.25. The zero-order chi connectivity index (χ0) is 24.5. The average Bonchev–Trinajstić information content (AvgIpc) is 2.73. The van der Waals surface area contributed by atoms with E-state index in [-0.39, 0.29) is 0 Å². The van der Waals surface area contributed by atoms with Gasteiger partial charge >= 0.3 is 12.1 Å². The number of benzene rings is 2. The quantitative estimate of drug-likeness (QED) is 0.167. The van der Waals surface area contributed by atoms with Gasteiger partial charge in [0.15, 0.2) is 0 Å². The summed E-state index contributed by atoms with van der Waals surface area (Å²) in [6.45, 7) is 24.6. The second kappa shape index (κ2) is 9.43. The molecular weight excluding hydrogens is 404 g/mol. The molecule has 0 radical (unpaired) electrons. The lowest BCUT2D eigenvalue weighted by Crippen LogP contribution is -2.13. The van der Waals surface area contributed by atoms with Crippen LogP contribution in [0, 0.1) is 55.4 Å². The van der Waals surface area contributed by atoms with E-state index >= 15 is 0 Å². The molecule has 0 aliphatic carbocycles. The maximum atomic E-state index is 12.2. The van der Waals surface area contributed by atoms with Gasteiger partial charge in [-0.3, -0.25) is 0 Å². The number of hydrogen-bond donors (Lipinski definition) is 0. The fourth-order valence-corrected chi connectivity index (χ4v) is 3.97. The summed E-state index contributed by atoms with van der Waals surface area (Å²) in [5, 5.41) is 0. The van der Waals surface area contributed by atoms with Crippen LogP contribution < -0.4 is 9.47 Å². The number of ether oxygens (including phenoxy) is 3. The van der Waals surface area contributed by atoms with Gasteiger partial charge in [-0.2, -0.15) is 0 Å². The summed E-state index contributed by atoms with van der Waals surface area (Å²) in [6, 6.07) is 0. The van der Waals surface area contributed by atoms with Crippen molar-refractivity contribution >= 4 is 12.1 Å². The highest BCUT2D eigenvalue weighted by atomic mass is 16.7. The van der Waals surface area contributed by atoms with E-state index in [1.807, 2.05) is 55.4 Å². The third kappa shape index (κ3) is 4.33. The van der Waals surface area contributed by atoms with Gasteiger partial charge in [0.05, 0.1) is 6.26 Å². The van der Waals surface area contributed by atoms with Gasteiger partial charge in [-0.15, -0.1) is 0 Å². The summed E-state index contributed by atoms with van der Waals surface area (Å²) in [7, 11) is 0. The molecule has 0 fully saturated rings. The largest absolute Gasteiger partial charge is 0.518 e. The molecule has 0 saturated heterocycles. The molecule has 2 aromatic carbocycles. The highest BCUT2D eigenvalue weighted by molar-refractivity contribution is 5.90. The summed E-state index contributed by atoms with van der Waals surface area (Å²) >= 11 is 0. The molecule has 0 amide bonds. The molecule has 5 nitrogen and oxygen atoms in total. The Labute approximate surface area is 190 Å². The molecule has 0 unspecified atom stereocenters. The zero-order valence-corrected chi connectivity index (χ0v) is 20.5. The van der Waals surface area contributed by atoms with Crippen LogP contribution in [0.15, 0.2) is 25.0 Å². The number of rotatable bonds is 5. The third-order valence-corrected chi connectivity index (χ3v) is 6.27. The molecule has 0 aliphatic heterocycles. The fraction of sp³-hybridized carbons (Fsp3) is 0.333. The van der Waals surface area contributed by atoms with Crippen LogP contribution in [0.2, 0.25) is 0 Å². The Morgan fingerprint density at radius 3 is 1.31 bits per heavy atom. The van der Waals surface area contributed by atoms with Crippen molar-refractivity contribution in [2.45, 2.75) is 62.3 Å². The predicted molar refractivity (Wildman–Crippen MR) is 128 cm³/mol. The van der Waals surface area contributed by atoms with E-state index in [0.29, 0.717) is 17.1 Å². The third-order valence-electron chi connectivity index (χ3n) is 6.27. The predicted octanol–water partition coefficient (Wildman–Crippen LogP) is 6.96. The minimum absolute atomic E-state index is 0.353. The Balaban J connectivity index is 2.79. The minimum Gasteiger partial charge on any atom is -0.423 e. The van der Waals surface area contributed by atoms with Gasteiger partial charge in [-0.1, -0.05) is 13.2 Å². The van der Waals surface area contributed by atoms with Gasteiger partial charge in [-0.25, -0.2) is 9.59 Å². The van der Waals surface area contributed by atoms with Crippen LogP contribution in [0.25, 0.3) is 11.1 Å². The van der Waals surface area contributed by atoms with E-state index in [0.717, 1.165) is 61.9 Å². The van der Waals surface area contributed by atoms with Crippen LogP contribution in [0.5, 0.6) is 11.5 Å². The van der Waals surface area contributed by atoms with Gasteiger partial charge in [-0.05, 0) is 118 Å². The lowest BCUT2D eigenvalue weighted by atomic mass is 9.82. The monoisotopic (exact) mass is 436 g/mol. The van der Waals surface area contributed by atoms with E-state index in [9.17, 15) is 9.59 Å². The smallest absolute Gasteiger partial charge is 0.423 e. The van der Waals surface area contributed by atoms with Gasteiger partial charge < -0.3 is 14.2 Å². The van der Waals surface area contributed by atoms with Crippen molar-refractivity contribution in [1.82, 2.24) is 0 Å². The van der Waals surface area contributed by atoms with Crippen molar-refractivity contribution in [3.63, 3.8) is 0 Å². The van der Waals surface area contributed by atoms with Gasteiger partial charge in [0.1, 0.15) is 11.5 Å². The van der Waals surface area contributed by atoms with Gasteiger partial charge in [0.2, 0.25) is 0 Å². The minimum atomic E-state index is -0.819. The molecule has 170 valence electrons. The molecular formula is C27H32O5. The van der Waals surface area contributed by atoms with E-state index in [4.69, 9.17) is 14.2 Å². The summed E-state index contributed by atoms with van der Waals surface area (Å²) in [4.78, 5) is 24.1. The molecule has 32 heavy (non-hydrogen) atoms. The van der Waals surface area contributed by atoms with Crippen molar-refractivity contribution in [2.75, 3.05) is 0 Å². The second-order valence-corrected chi connectivity index (χ2v) is 8.21. The first-order valence-electron chi connectivity index (χ1n) is 10.4. The Morgan fingerprint density at radius 2 is 1.00 bits per heavy atom. The Kier molecular flexibility index (Phi) is 7.34. The maximum Gasteiger partial charge on any atom is 0.518 e. The van der Waals surface area contributed by atoms with Gasteiger partial charge in [0.25, 0.3) is 0 Å². The van der Waals surface area contributed by atoms with E-state index < -0.39 is 12.1 Å². The highest BCUT2D eigenvalue weighted by Crippen LogP contribution is 2.44. The van der Waals surface area contributed by atoms with Gasteiger partial charge in [0, 0.05) is 5.57 Å². The molecule has 0 aromatic heterocycles. The molecule has 0 heterocycles. The molecule has 0 N–H and O–H groups in total. The number of carbonyl (C=O) groups excluding carboxylic acids is 2. The van der Waals surface area contributed by atoms with Crippen LogP contribution in [0.4, 0.5) is 4.79 Å². The Morgan fingerprint density at radius 1 is 0.656 bits per heavy atom. The van der Waals surface area contributed by atoms with E-state index in [1.54, 1.807) is 6.92 Å². The van der Waals surface area contributed by atoms with Crippen LogP contribution in [-0.4, -0.2) is 12.1 Å². The zero-order valence-electron chi connectivity index (χ0n) is 20.5. The summed E-state index contributed by atoms with van der Waals surface area (Å²) < 4.78 is 15.9. The topological polar surface area (TPSA) is 61.8 Å². The number of esters is 1. The van der Waals surface area contributed by atoms with Crippen LogP contribution in [0.3, 0.4) is 0 Å². The first-order chi connectivity index (χ1) is 14.8. The van der Waals surface area contributed by atoms with Crippen molar-refractivity contribution in [2.24, 2.45) is 0 Å². The molecule has 0 spiro atoms. The Hall–Kier alpha value is -3.34. The van der Waals surface area contributed by atoms with Crippen LogP contribution in [-0.2, 0) is 9.53 Å². The van der Waals surface area contributed by atoms with Crippen molar-refractivity contribution in [3.05, 3.63) is 69.5 Å². The van der Waals surface area contributed by atoms with Crippen LogP contribution in [0.1, 0.15) is 51.4 Å². The maximum absolute atomic E-state index is 12.2. The van der Waals surface area contributed by atoms with Crippen molar-refractivity contribution < 1.29 is 23.8 Å². The molecule has 0 saturated carbocycles. The Bertz CT molecular complexity index is 1090. The highest BCUT2D eigenvalue weighted by Gasteiger charge is 2.25. The molecule has 2 aromatic rings. The van der Waals surface area contributed by atoms with Crippen molar-refractivity contribution in [1.29, 1.82) is 0 Å². The lowest BCUT2D eigenvalue weighted by molar-refractivity contribution is -0.130. The molecule has 0 bridgehead atoms. The van der Waals surface area contributed by atoms with Crippen molar-refractivity contribution in [3.8, 4) is 22.6 Å². The summed E-state index contributed by atoms with van der Waals surface area (Å²) in [5.41, 5.74) is 10.1. The SMILES string of the molecule is C=COC(=O)Oc1c(C)c(C)c(-c2c(C)c(C)c(OC(=O)C(=C)C)c(C)c2C)c(C)c1C. The first-order valence-corrected chi connectivity index (χ1v) is 10.4. The standard InChI is InChI=1S/C27H32O5/c1-12-30-27(29)32-25-20(10)16(6)23(17(7)21(25)11)22-14(4)18(8)24(19(9)15(22)5)31-26(28)13(2)3/h12H,1-2H2,3-11H3. The molecule has 2 rings (SSSR count). The van der Waals surface area contributed by atoms with E-state index in [1.165, 1.54) is 0 Å². The number of carbonyl (C=O) groups is 2. The normalized spacial score (nSPS) is 10.5. The molecule has 5 heteroatoms. The van der Waals surface area contributed by atoms with E-state index in [2.05, 4.69) is 13.2 Å². The average molecular weight is 437 g/mol. The first kappa shape index (κ1) is 24.9. The summed E-state index contributed by atoms with van der Waals surface area (Å²) in [5.74, 6) is 0.633. The summed E-state index contributed by atoms with van der Waals surface area (Å²) in [6.07, 6.45) is 0.224. The second-order valence-electron chi connectivity index (χ2n) is 8.21.